The average molecular weight is 896 g/mol. The third-order valence-corrected chi connectivity index (χ3v) is 12.1. The average Bonchev–Trinajstić information content (AvgIpc) is 3.23. The Balaban J connectivity index is 4.26. The van der Waals surface area contributed by atoms with Gasteiger partial charge in [-0.25, -0.2) is 0 Å². The molecule has 0 saturated heterocycles. The summed E-state index contributed by atoms with van der Waals surface area (Å²) in [5.74, 6) is -0.839. The molecule has 0 rings (SSSR count). The Labute approximate surface area is 382 Å². The maximum Gasteiger partial charge on any atom is 0.306 e. The summed E-state index contributed by atoms with van der Waals surface area (Å²) in [7, 11) is 1.16. The minimum atomic E-state index is -4.63. The van der Waals surface area contributed by atoms with Gasteiger partial charge in [-0.2, -0.15) is 0 Å². The highest BCUT2D eigenvalue weighted by Gasteiger charge is 2.21. The predicted molar refractivity (Wildman–Crippen MR) is 259 cm³/mol. The fourth-order valence-corrected chi connectivity index (χ4v) is 7.86. The Hall–Kier alpha value is -1.77. The number of likely N-dealkylation sites (N-methyl/N-ethyl adjacent to an activating group) is 1. The SMILES string of the molecule is CCCCC/C=C\C/C=C\C/C=C\CCCCCCCCC(=O)OC(COC(=O)CCCCCCCCCCCCCCCCCCCCC)COP(=O)([O-])OCC[N+](C)(C)C. The molecule has 0 fully saturated rings. The van der Waals surface area contributed by atoms with Gasteiger partial charge in [0.05, 0.1) is 27.7 Å². The second kappa shape index (κ2) is 44.4. The van der Waals surface area contributed by atoms with Crippen LogP contribution in [0.1, 0.15) is 232 Å². The van der Waals surface area contributed by atoms with E-state index in [0.29, 0.717) is 17.4 Å². The molecule has 10 heteroatoms. The van der Waals surface area contributed by atoms with E-state index in [1.165, 1.54) is 128 Å². The summed E-state index contributed by atoms with van der Waals surface area (Å²) in [5.41, 5.74) is 0. The highest BCUT2D eigenvalue weighted by molar-refractivity contribution is 7.45. The van der Waals surface area contributed by atoms with Crippen LogP contribution < -0.4 is 4.89 Å². The molecular weight excluding hydrogens is 798 g/mol. The summed E-state index contributed by atoms with van der Waals surface area (Å²) < 4.78 is 34.0. The van der Waals surface area contributed by atoms with Gasteiger partial charge in [-0.05, 0) is 51.4 Å². The highest BCUT2D eigenvalue weighted by atomic mass is 31.2. The molecular formula is C52H98NO8P. The van der Waals surface area contributed by atoms with Crippen LogP contribution in [0.4, 0.5) is 0 Å². The van der Waals surface area contributed by atoms with Gasteiger partial charge in [0.1, 0.15) is 19.8 Å². The van der Waals surface area contributed by atoms with Crippen LogP contribution in [0.5, 0.6) is 0 Å². The van der Waals surface area contributed by atoms with Crippen LogP contribution in [-0.4, -0.2) is 70.0 Å². The molecule has 0 aromatic carbocycles. The van der Waals surface area contributed by atoms with Crippen molar-refractivity contribution in [1.82, 2.24) is 0 Å². The topological polar surface area (TPSA) is 111 Å². The summed E-state index contributed by atoms with van der Waals surface area (Å²) in [6.07, 6.45) is 51.7. The summed E-state index contributed by atoms with van der Waals surface area (Å²) in [6.45, 7) is 4.22. The van der Waals surface area contributed by atoms with Crippen LogP contribution in [0, 0.1) is 0 Å². The van der Waals surface area contributed by atoms with E-state index < -0.39 is 26.5 Å². The van der Waals surface area contributed by atoms with Crippen molar-refractivity contribution in [2.75, 3.05) is 47.5 Å². The minimum absolute atomic E-state index is 0.0327. The van der Waals surface area contributed by atoms with E-state index in [9.17, 15) is 19.0 Å². The Morgan fingerprint density at radius 1 is 0.500 bits per heavy atom. The molecule has 2 atom stereocenters. The highest BCUT2D eigenvalue weighted by Crippen LogP contribution is 2.38. The van der Waals surface area contributed by atoms with Gasteiger partial charge in [-0.3, -0.25) is 14.2 Å². The molecule has 0 aliphatic rings. The Morgan fingerprint density at radius 3 is 1.32 bits per heavy atom. The molecule has 0 amide bonds. The number of hydrogen-bond donors (Lipinski definition) is 0. The molecule has 0 radical (unpaired) electrons. The van der Waals surface area contributed by atoms with Crippen molar-refractivity contribution in [1.29, 1.82) is 0 Å². The Kier molecular flexibility index (Phi) is 43.2. The quantitative estimate of drug-likeness (QED) is 0.0195. The third kappa shape index (κ3) is 47.7. The van der Waals surface area contributed by atoms with Crippen molar-refractivity contribution in [2.45, 2.75) is 238 Å². The third-order valence-electron chi connectivity index (χ3n) is 11.2. The van der Waals surface area contributed by atoms with Crippen molar-refractivity contribution in [2.24, 2.45) is 0 Å². The predicted octanol–water partition coefficient (Wildman–Crippen LogP) is 14.6. The van der Waals surface area contributed by atoms with Gasteiger partial charge in [0.25, 0.3) is 7.82 Å². The molecule has 0 heterocycles. The van der Waals surface area contributed by atoms with Crippen molar-refractivity contribution < 1.29 is 42.1 Å². The number of hydrogen-bond acceptors (Lipinski definition) is 8. The summed E-state index contributed by atoms with van der Waals surface area (Å²) in [5, 5.41) is 0. The minimum Gasteiger partial charge on any atom is -0.756 e. The number of esters is 2. The van der Waals surface area contributed by atoms with Gasteiger partial charge in [-0.1, -0.05) is 204 Å². The molecule has 0 bridgehead atoms. The largest absolute Gasteiger partial charge is 0.756 e. The molecule has 0 aromatic heterocycles. The zero-order chi connectivity index (χ0) is 45.7. The number of carbonyl (C=O) groups excluding carboxylic acids is 2. The van der Waals surface area contributed by atoms with E-state index >= 15 is 0 Å². The lowest BCUT2D eigenvalue weighted by atomic mass is 10.0. The van der Waals surface area contributed by atoms with Gasteiger partial charge in [0.2, 0.25) is 0 Å². The standard InChI is InChI=1S/C52H98NO8P/c1-6-8-10-12-14-16-18-20-22-24-26-28-30-32-34-36-38-40-42-44-51(54)58-48-50(49-60-62(56,57)59-47-46-53(3,4)5)61-52(55)45-43-41-39-37-35-33-31-29-27-25-23-21-19-17-15-13-11-9-7-2/h15,17,21,23,27,29,50H,6-14,16,18-20,22,24-26,28,30-49H2,1-5H3/b17-15-,23-21-,29-27-. The second-order valence-electron chi connectivity index (χ2n) is 18.5. The molecule has 0 aliphatic carbocycles. The molecule has 9 nitrogen and oxygen atoms in total. The number of unbranched alkanes of at least 4 members (excludes halogenated alkanes) is 27. The number of rotatable bonds is 47. The van der Waals surface area contributed by atoms with Crippen LogP contribution in [0.25, 0.3) is 0 Å². The summed E-state index contributed by atoms with van der Waals surface area (Å²) in [4.78, 5) is 37.7. The zero-order valence-electron chi connectivity index (χ0n) is 41.1. The van der Waals surface area contributed by atoms with E-state index in [-0.39, 0.29) is 32.0 Å². The first-order chi connectivity index (χ1) is 30.0. The maximum atomic E-state index is 12.7. The van der Waals surface area contributed by atoms with Crippen molar-refractivity contribution >= 4 is 19.8 Å². The van der Waals surface area contributed by atoms with Crippen LogP contribution in [0.3, 0.4) is 0 Å². The first-order valence-electron chi connectivity index (χ1n) is 25.7. The molecule has 0 spiro atoms. The molecule has 0 aromatic rings. The zero-order valence-corrected chi connectivity index (χ0v) is 42.0. The molecule has 0 aliphatic heterocycles. The monoisotopic (exact) mass is 896 g/mol. The number of allylic oxidation sites excluding steroid dienone is 6. The van der Waals surface area contributed by atoms with Crippen LogP contribution >= 0.6 is 7.82 Å². The second-order valence-corrected chi connectivity index (χ2v) is 20.0. The fraction of sp³-hybridized carbons (Fsp3) is 0.846. The number of nitrogens with zero attached hydrogens (tertiary/aromatic N) is 1. The van der Waals surface area contributed by atoms with Gasteiger partial charge in [0, 0.05) is 12.8 Å². The lowest BCUT2D eigenvalue weighted by Gasteiger charge is -2.28. The fourth-order valence-electron chi connectivity index (χ4n) is 7.13. The number of carbonyl (C=O) groups is 2. The van der Waals surface area contributed by atoms with Crippen molar-refractivity contribution in [3.8, 4) is 0 Å². The molecule has 0 N–H and O–H groups in total. The Morgan fingerprint density at radius 2 is 0.871 bits per heavy atom. The molecule has 62 heavy (non-hydrogen) atoms. The number of phosphoric ester groups is 1. The maximum absolute atomic E-state index is 12.7. The summed E-state index contributed by atoms with van der Waals surface area (Å²) in [6, 6.07) is 0. The number of quaternary nitrogens is 1. The van der Waals surface area contributed by atoms with Gasteiger partial charge < -0.3 is 27.9 Å². The van der Waals surface area contributed by atoms with E-state index in [0.717, 1.165) is 70.6 Å². The van der Waals surface area contributed by atoms with Crippen LogP contribution in [-0.2, 0) is 32.7 Å². The number of phosphoric acid groups is 1. The van der Waals surface area contributed by atoms with Gasteiger partial charge >= 0.3 is 11.9 Å². The molecule has 2 unspecified atom stereocenters. The smallest absolute Gasteiger partial charge is 0.306 e. The van der Waals surface area contributed by atoms with E-state index in [1.54, 1.807) is 0 Å². The molecule has 0 saturated carbocycles. The normalized spacial score (nSPS) is 13.7. The van der Waals surface area contributed by atoms with Crippen LogP contribution in [0.15, 0.2) is 36.5 Å². The Bertz CT molecular complexity index is 1150. The lowest BCUT2D eigenvalue weighted by molar-refractivity contribution is -0.870. The van der Waals surface area contributed by atoms with E-state index in [2.05, 4.69) is 50.3 Å². The van der Waals surface area contributed by atoms with Gasteiger partial charge in [0.15, 0.2) is 6.10 Å². The first-order valence-corrected chi connectivity index (χ1v) is 27.2. The lowest BCUT2D eigenvalue weighted by Crippen LogP contribution is -2.37. The van der Waals surface area contributed by atoms with Crippen molar-refractivity contribution in [3.63, 3.8) is 0 Å². The number of ether oxygens (including phenoxy) is 2. The van der Waals surface area contributed by atoms with Gasteiger partial charge in [-0.15, -0.1) is 0 Å². The van der Waals surface area contributed by atoms with E-state index in [1.807, 2.05) is 21.1 Å². The van der Waals surface area contributed by atoms with Crippen LogP contribution in [0.2, 0.25) is 0 Å². The summed E-state index contributed by atoms with van der Waals surface area (Å²) >= 11 is 0. The molecule has 364 valence electrons. The van der Waals surface area contributed by atoms with E-state index in [4.69, 9.17) is 18.5 Å². The first kappa shape index (κ1) is 60.2. The van der Waals surface area contributed by atoms with Crippen molar-refractivity contribution in [3.05, 3.63) is 36.5 Å².